The van der Waals surface area contributed by atoms with Gasteiger partial charge in [-0.3, -0.25) is 4.79 Å². The Kier molecular flexibility index (Phi) is 5.10. The van der Waals surface area contributed by atoms with Gasteiger partial charge < -0.3 is 11.1 Å². The summed E-state index contributed by atoms with van der Waals surface area (Å²) in [6.45, 7) is 5.97. The molecule has 0 bridgehead atoms. The molecule has 0 heterocycles. The van der Waals surface area contributed by atoms with Gasteiger partial charge in [0.1, 0.15) is 6.07 Å². The molecule has 0 fully saturated rings. The standard InChI is InChI=1S/C14H18BrN3O/c1-14(2,3)12(17)7-13(19)18-11-6-10(15)5-4-9(11)8-16/h4-6,12H,7,17H2,1-3H3,(H,18,19). The summed E-state index contributed by atoms with van der Waals surface area (Å²) < 4.78 is 0.807. The molecular weight excluding hydrogens is 306 g/mol. The van der Waals surface area contributed by atoms with Crippen LogP contribution in [-0.4, -0.2) is 11.9 Å². The molecule has 1 aromatic rings. The summed E-state index contributed by atoms with van der Waals surface area (Å²) in [7, 11) is 0. The molecule has 102 valence electrons. The molecule has 1 unspecified atom stereocenters. The summed E-state index contributed by atoms with van der Waals surface area (Å²) in [5.74, 6) is -0.183. The lowest BCUT2D eigenvalue weighted by molar-refractivity contribution is -0.117. The number of amides is 1. The molecule has 19 heavy (non-hydrogen) atoms. The van der Waals surface area contributed by atoms with E-state index < -0.39 is 0 Å². The Balaban J connectivity index is 2.78. The van der Waals surface area contributed by atoms with Gasteiger partial charge in [0, 0.05) is 16.9 Å². The number of nitrogens with one attached hydrogen (secondary N) is 1. The number of carbonyl (C=O) groups is 1. The second kappa shape index (κ2) is 6.18. The van der Waals surface area contributed by atoms with Gasteiger partial charge in [-0.25, -0.2) is 0 Å². The van der Waals surface area contributed by atoms with Crippen molar-refractivity contribution in [2.75, 3.05) is 5.32 Å². The average Bonchev–Trinajstić information content (AvgIpc) is 2.27. The van der Waals surface area contributed by atoms with E-state index in [0.717, 1.165) is 4.47 Å². The molecule has 1 atom stereocenters. The second-order valence-corrected chi connectivity index (χ2v) is 6.44. The van der Waals surface area contributed by atoms with Crippen molar-refractivity contribution in [1.29, 1.82) is 5.26 Å². The number of nitrogens with zero attached hydrogens (tertiary/aromatic N) is 1. The topological polar surface area (TPSA) is 78.9 Å². The molecule has 5 heteroatoms. The van der Waals surface area contributed by atoms with Crippen LogP contribution in [0, 0.1) is 16.7 Å². The molecule has 0 saturated heterocycles. The third-order valence-electron chi connectivity index (χ3n) is 2.89. The fourth-order valence-electron chi connectivity index (χ4n) is 1.42. The minimum absolute atomic E-state index is 0.132. The van der Waals surface area contributed by atoms with Gasteiger partial charge in [-0.1, -0.05) is 36.7 Å². The van der Waals surface area contributed by atoms with E-state index in [1.807, 2.05) is 26.8 Å². The van der Waals surface area contributed by atoms with Gasteiger partial charge in [-0.2, -0.15) is 5.26 Å². The number of halogens is 1. The summed E-state index contributed by atoms with van der Waals surface area (Å²) in [6, 6.07) is 6.94. The maximum absolute atomic E-state index is 11.9. The van der Waals surface area contributed by atoms with Crippen LogP contribution in [0.3, 0.4) is 0 Å². The monoisotopic (exact) mass is 323 g/mol. The molecule has 0 aliphatic heterocycles. The van der Waals surface area contributed by atoms with E-state index in [2.05, 4.69) is 21.2 Å². The lowest BCUT2D eigenvalue weighted by Gasteiger charge is -2.26. The molecule has 0 spiro atoms. The van der Waals surface area contributed by atoms with Crippen molar-refractivity contribution in [3.63, 3.8) is 0 Å². The minimum atomic E-state index is -0.231. The fourth-order valence-corrected chi connectivity index (χ4v) is 1.79. The Morgan fingerprint density at radius 1 is 1.53 bits per heavy atom. The van der Waals surface area contributed by atoms with Crippen LogP contribution in [0.25, 0.3) is 0 Å². The quantitative estimate of drug-likeness (QED) is 0.897. The summed E-state index contributed by atoms with van der Waals surface area (Å²) in [6.07, 6.45) is 0.223. The highest BCUT2D eigenvalue weighted by Gasteiger charge is 2.23. The molecule has 1 rings (SSSR count). The zero-order valence-electron chi connectivity index (χ0n) is 11.3. The molecule has 0 saturated carbocycles. The Morgan fingerprint density at radius 3 is 2.68 bits per heavy atom. The van der Waals surface area contributed by atoms with Gasteiger partial charge in [-0.05, 0) is 23.6 Å². The molecule has 0 aliphatic rings. The molecular formula is C14H18BrN3O. The number of carbonyl (C=O) groups excluding carboxylic acids is 1. The minimum Gasteiger partial charge on any atom is -0.327 e. The maximum Gasteiger partial charge on any atom is 0.225 e. The summed E-state index contributed by atoms with van der Waals surface area (Å²) in [5.41, 5.74) is 6.77. The first-order valence-electron chi connectivity index (χ1n) is 5.99. The normalized spacial score (nSPS) is 12.6. The van der Waals surface area contributed by atoms with Gasteiger partial charge in [0.05, 0.1) is 11.3 Å². The fraction of sp³-hybridized carbons (Fsp3) is 0.429. The Hall–Kier alpha value is -1.38. The van der Waals surface area contributed by atoms with E-state index in [9.17, 15) is 4.79 Å². The zero-order chi connectivity index (χ0) is 14.6. The Morgan fingerprint density at radius 2 is 2.16 bits per heavy atom. The number of hydrogen-bond donors (Lipinski definition) is 2. The van der Waals surface area contributed by atoms with Crippen LogP contribution in [0.15, 0.2) is 22.7 Å². The lowest BCUT2D eigenvalue weighted by atomic mass is 9.85. The van der Waals surface area contributed by atoms with Crippen LogP contribution in [0.4, 0.5) is 5.69 Å². The van der Waals surface area contributed by atoms with Gasteiger partial charge >= 0.3 is 0 Å². The van der Waals surface area contributed by atoms with Crippen molar-refractivity contribution in [1.82, 2.24) is 0 Å². The molecule has 3 N–H and O–H groups in total. The number of rotatable bonds is 3. The summed E-state index contributed by atoms with van der Waals surface area (Å²) in [5, 5.41) is 11.7. The van der Waals surface area contributed by atoms with Crippen molar-refractivity contribution in [2.45, 2.75) is 33.2 Å². The predicted molar refractivity (Wildman–Crippen MR) is 79.5 cm³/mol. The van der Waals surface area contributed by atoms with Crippen LogP contribution in [0.2, 0.25) is 0 Å². The number of nitriles is 1. The van der Waals surface area contributed by atoms with Gasteiger partial charge in [-0.15, -0.1) is 0 Å². The number of benzene rings is 1. The Labute approximate surface area is 122 Å². The third-order valence-corrected chi connectivity index (χ3v) is 3.39. The Bertz CT molecular complexity index is 514. The first kappa shape index (κ1) is 15.7. The molecule has 4 nitrogen and oxygen atoms in total. The van der Waals surface area contributed by atoms with Crippen LogP contribution in [0.5, 0.6) is 0 Å². The van der Waals surface area contributed by atoms with E-state index in [1.54, 1.807) is 18.2 Å². The van der Waals surface area contributed by atoms with E-state index in [-0.39, 0.29) is 23.8 Å². The van der Waals surface area contributed by atoms with Crippen LogP contribution in [0.1, 0.15) is 32.8 Å². The van der Waals surface area contributed by atoms with Crippen molar-refractivity contribution < 1.29 is 4.79 Å². The molecule has 0 radical (unpaired) electrons. The van der Waals surface area contributed by atoms with Crippen LogP contribution in [-0.2, 0) is 4.79 Å². The van der Waals surface area contributed by atoms with Crippen LogP contribution >= 0.6 is 15.9 Å². The smallest absolute Gasteiger partial charge is 0.225 e. The number of anilines is 1. The number of nitrogens with two attached hydrogens (primary N) is 1. The first-order chi connectivity index (χ1) is 8.74. The van der Waals surface area contributed by atoms with E-state index >= 15 is 0 Å². The van der Waals surface area contributed by atoms with Crippen molar-refractivity contribution in [3.8, 4) is 6.07 Å². The van der Waals surface area contributed by atoms with E-state index in [1.165, 1.54) is 0 Å². The van der Waals surface area contributed by atoms with Crippen molar-refractivity contribution >= 4 is 27.5 Å². The van der Waals surface area contributed by atoms with Crippen LogP contribution < -0.4 is 11.1 Å². The van der Waals surface area contributed by atoms with Gasteiger partial charge in [0.2, 0.25) is 5.91 Å². The second-order valence-electron chi connectivity index (χ2n) is 5.53. The summed E-state index contributed by atoms with van der Waals surface area (Å²) in [4.78, 5) is 11.9. The number of hydrogen-bond acceptors (Lipinski definition) is 3. The SMILES string of the molecule is CC(C)(C)C(N)CC(=O)Nc1cc(Br)ccc1C#N. The molecule has 1 amide bonds. The van der Waals surface area contributed by atoms with Gasteiger partial charge in [0.25, 0.3) is 0 Å². The maximum atomic E-state index is 11.9. The lowest BCUT2D eigenvalue weighted by Crippen LogP contribution is -2.38. The van der Waals surface area contributed by atoms with Gasteiger partial charge in [0.15, 0.2) is 0 Å². The van der Waals surface area contributed by atoms with Crippen molar-refractivity contribution in [3.05, 3.63) is 28.2 Å². The summed E-state index contributed by atoms with van der Waals surface area (Å²) >= 11 is 3.31. The predicted octanol–water partition coefficient (Wildman–Crippen LogP) is 3.02. The van der Waals surface area contributed by atoms with E-state index in [0.29, 0.717) is 11.3 Å². The molecule has 0 aromatic heterocycles. The highest BCUT2D eigenvalue weighted by Crippen LogP contribution is 2.23. The molecule has 1 aromatic carbocycles. The zero-order valence-corrected chi connectivity index (χ0v) is 12.9. The average molecular weight is 324 g/mol. The highest BCUT2D eigenvalue weighted by atomic mass is 79.9. The molecule has 0 aliphatic carbocycles. The highest BCUT2D eigenvalue weighted by molar-refractivity contribution is 9.10. The van der Waals surface area contributed by atoms with E-state index in [4.69, 9.17) is 11.0 Å². The first-order valence-corrected chi connectivity index (χ1v) is 6.78. The third kappa shape index (κ3) is 4.66. The van der Waals surface area contributed by atoms with Crippen molar-refractivity contribution in [2.24, 2.45) is 11.1 Å². The largest absolute Gasteiger partial charge is 0.327 e.